The van der Waals surface area contributed by atoms with E-state index in [0.29, 0.717) is 0 Å². The van der Waals surface area contributed by atoms with E-state index in [0.717, 1.165) is 62.7 Å². The first-order chi connectivity index (χ1) is 14.6. The molecule has 1 aromatic carbocycles. The summed E-state index contributed by atoms with van der Waals surface area (Å²) < 4.78 is 7.38. The van der Waals surface area contributed by atoms with E-state index >= 15 is 0 Å². The van der Waals surface area contributed by atoms with Gasteiger partial charge in [-0.15, -0.1) is 24.0 Å². The molecule has 0 saturated carbocycles. The lowest BCUT2D eigenvalue weighted by Gasteiger charge is -2.12. The van der Waals surface area contributed by atoms with Gasteiger partial charge < -0.3 is 15.1 Å². The fourth-order valence-corrected chi connectivity index (χ4v) is 3.53. The van der Waals surface area contributed by atoms with E-state index in [9.17, 15) is 0 Å². The Labute approximate surface area is 202 Å². The van der Waals surface area contributed by atoms with Gasteiger partial charge >= 0.3 is 0 Å². The third-order valence-electron chi connectivity index (χ3n) is 5.31. The second-order valence-corrected chi connectivity index (χ2v) is 7.53. The van der Waals surface area contributed by atoms with Gasteiger partial charge in [-0.1, -0.05) is 30.3 Å². The second kappa shape index (κ2) is 13.2. The van der Waals surface area contributed by atoms with Crippen LogP contribution in [0.1, 0.15) is 34.7 Å². The number of nitrogens with zero attached hydrogens (tertiary/aromatic N) is 3. The molecule has 0 unspecified atom stereocenters. The third kappa shape index (κ3) is 8.05. The van der Waals surface area contributed by atoms with Crippen LogP contribution in [0.4, 0.5) is 0 Å². The minimum Gasteiger partial charge on any atom is -0.469 e. The van der Waals surface area contributed by atoms with Gasteiger partial charge in [-0.05, 0) is 56.4 Å². The molecule has 0 amide bonds. The monoisotopic (exact) mass is 535 g/mol. The third-order valence-corrected chi connectivity index (χ3v) is 5.31. The van der Waals surface area contributed by atoms with Crippen molar-refractivity contribution in [2.75, 3.05) is 19.6 Å². The van der Waals surface area contributed by atoms with Crippen LogP contribution in [0, 0.1) is 13.8 Å². The van der Waals surface area contributed by atoms with Gasteiger partial charge in [0.15, 0.2) is 5.96 Å². The van der Waals surface area contributed by atoms with E-state index in [1.807, 2.05) is 29.9 Å². The Kier molecular flexibility index (Phi) is 10.6. The van der Waals surface area contributed by atoms with E-state index in [1.54, 1.807) is 6.26 Å². The van der Waals surface area contributed by atoms with Crippen molar-refractivity contribution >= 4 is 29.9 Å². The van der Waals surface area contributed by atoms with E-state index in [4.69, 9.17) is 9.41 Å². The summed E-state index contributed by atoms with van der Waals surface area (Å²) in [4.78, 5) is 4.79. The molecule has 3 aromatic rings. The Morgan fingerprint density at radius 1 is 1.00 bits per heavy atom. The van der Waals surface area contributed by atoms with Crippen molar-refractivity contribution in [3.05, 3.63) is 77.0 Å². The molecule has 0 saturated heterocycles. The molecule has 2 heterocycles. The second-order valence-electron chi connectivity index (χ2n) is 7.53. The molecule has 0 radical (unpaired) electrons. The van der Waals surface area contributed by atoms with Crippen LogP contribution in [0.15, 0.2) is 58.1 Å². The number of hydrogen-bond donors (Lipinski definition) is 2. The predicted molar refractivity (Wildman–Crippen MR) is 137 cm³/mol. The topological polar surface area (TPSA) is 67.4 Å². The summed E-state index contributed by atoms with van der Waals surface area (Å²) in [7, 11) is 2.00. The van der Waals surface area contributed by atoms with Gasteiger partial charge in [-0.2, -0.15) is 5.10 Å². The highest BCUT2D eigenvalue weighted by Gasteiger charge is 2.08. The van der Waals surface area contributed by atoms with Crippen molar-refractivity contribution < 1.29 is 4.42 Å². The van der Waals surface area contributed by atoms with Crippen LogP contribution < -0.4 is 10.6 Å². The van der Waals surface area contributed by atoms with Gasteiger partial charge in [-0.3, -0.25) is 9.67 Å². The molecule has 0 aliphatic rings. The number of aromatic nitrogens is 2. The number of nitrogens with one attached hydrogen (secondary N) is 2. The van der Waals surface area contributed by atoms with Crippen molar-refractivity contribution in [2.24, 2.45) is 12.0 Å². The molecule has 0 spiro atoms. The Hall–Kier alpha value is -2.29. The van der Waals surface area contributed by atoms with E-state index in [1.165, 1.54) is 16.8 Å². The van der Waals surface area contributed by atoms with Crippen LogP contribution in [0.5, 0.6) is 0 Å². The van der Waals surface area contributed by atoms with Gasteiger partial charge in [-0.25, -0.2) is 0 Å². The maximum Gasteiger partial charge on any atom is 0.191 e. The molecule has 2 N–H and O–H groups in total. The normalized spacial score (nSPS) is 11.3. The molecule has 7 heteroatoms. The van der Waals surface area contributed by atoms with Crippen molar-refractivity contribution in [3.8, 4) is 0 Å². The van der Waals surface area contributed by atoms with E-state index < -0.39 is 0 Å². The highest BCUT2D eigenvalue weighted by molar-refractivity contribution is 14.0. The lowest BCUT2D eigenvalue weighted by atomic mass is 10.1. The molecule has 31 heavy (non-hydrogen) atoms. The zero-order chi connectivity index (χ0) is 21.2. The van der Waals surface area contributed by atoms with Crippen molar-refractivity contribution in [1.29, 1.82) is 0 Å². The minimum absolute atomic E-state index is 0. The lowest BCUT2D eigenvalue weighted by molar-refractivity contribution is 0.506. The highest BCUT2D eigenvalue weighted by Crippen LogP contribution is 2.13. The Morgan fingerprint density at radius 2 is 1.74 bits per heavy atom. The van der Waals surface area contributed by atoms with Gasteiger partial charge in [0.25, 0.3) is 0 Å². The highest BCUT2D eigenvalue weighted by atomic mass is 127. The molecule has 2 aromatic heterocycles. The van der Waals surface area contributed by atoms with Crippen molar-refractivity contribution in [2.45, 2.75) is 39.5 Å². The van der Waals surface area contributed by atoms with Gasteiger partial charge in [0.2, 0.25) is 0 Å². The van der Waals surface area contributed by atoms with Crippen LogP contribution in [0.2, 0.25) is 0 Å². The van der Waals surface area contributed by atoms with Gasteiger partial charge in [0.1, 0.15) is 5.76 Å². The molecular weight excluding hydrogens is 501 g/mol. The number of hydrogen-bond acceptors (Lipinski definition) is 3. The molecule has 0 aliphatic heterocycles. The molecule has 0 atom stereocenters. The number of guanidine groups is 1. The largest absolute Gasteiger partial charge is 0.469 e. The SMILES string of the molecule is Cc1nn(C)c(C)c1CCCN=C(NCCc1ccccc1)NCCc1ccco1.I. The molecule has 0 aliphatic carbocycles. The van der Waals surface area contributed by atoms with Crippen LogP contribution in [0.3, 0.4) is 0 Å². The molecule has 0 fully saturated rings. The van der Waals surface area contributed by atoms with Crippen LogP contribution in [-0.4, -0.2) is 35.4 Å². The average molecular weight is 535 g/mol. The maximum atomic E-state index is 5.42. The number of aryl methyl sites for hydroxylation is 2. The first kappa shape index (κ1) is 25.0. The number of rotatable bonds is 10. The standard InChI is InChI=1S/C24H33N5O.HI/c1-19-23(20(2)29(3)28-19)12-7-15-25-24(27-17-14-22-11-8-18-30-22)26-16-13-21-9-5-4-6-10-21;/h4-6,8-11,18H,7,12-17H2,1-3H3,(H2,25,26,27);1H. The summed E-state index contributed by atoms with van der Waals surface area (Å²) in [6.45, 7) is 6.61. The minimum atomic E-state index is 0. The van der Waals surface area contributed by atoms with Crippen LogP contribution in [-0.2, 0) is 26.3 Å². The van der Waals surface area contributed by atoms with Crippen LogP contribution >= 0.6 is 24.0 Å². The Morgan fingerprint density at radius 3 is 2.39 bits per heavy atom. The summed E-state index contributed by atoms with van der Waals surface area (Å²) in [5.74, 6) is 1.84. The lowest BCUT2D eigenvalue weighted by Crippen LogP contribution is -2.39. The average Bonchev–Trinajstić information content (AvgIpc) is 3.34. The molecular formula is C24H34IN5O. The van der Waals surface area contributed by atoms with Crippen LogP contribution in [0.25, 0.3) is 0 Å². The predicted octanol–water partition coefficient (Wildman–Crippen LogP) is 4.20. The van der Waals surface area contributed by atoms with Gasteiger partial charge in [0, 0.05) is 38.8 Å². The molecule has 168 valence electrons. The number of aliphatic imine (C=N–C) groups is 1. The molecule has 0 bridgehead atoms. The summed E-state index contributed by atoms with van der Waals surface area (Å²) >= 11 is 0. The summed E-state index contributed by atoms with van der Waals surface area (Å²) in [5, 5.41) is 11.4. The molecule has 6 nitrogen and oxygen atoms in total. The summed E-state index contributed by atoms with van der Waals surface area (Å²) in [6.07, 6.45) is 5.51. The Bertz CT molecular complexity index is 919. The maximum absolute atomic E-state index is 5.42. The number of benzene rings is 1. The van der Waals surface area contributed by atoms with Crippen molar-refractivity contribution in [1.82, 2.24) is 20.4 Å². The summed E-state index contributed by atoms with van der Waals surface area (Å²) in [5.41, 5.74) is 5.03. The zero-order valence-electron chi connectivity index (χ0n) is 18.7. The fraction of sp³-hybridized carbons (Fsp3) is 0.417. The first-order valence-corrected chi connectivity index (χ1v) is 10.7. The van der Waals surface area contributed by atoms with E-state index in [2.05, 4.69) is 53.8 Å². The van der Waals surface area contributed by atoms with Gasteiger partial charge in [0.05, 0.1) is 12.0 Å². The number of furan rings is 1. The van der Waals surface area contributed by atoms with E-state index in [-0.39, 0.29) is 24.0 Å². The first-order valence-electron chi connectivity index (χ1n) is 10.7. The molecule has 3 rings (SSSR count). The van der Waals surface area contributed by atoms with Crippen molar-refractivity contribution in [3.63, 3.8) is 0 Å². The Balaban J connectivity index is 0.00000341. The smallest absolute Gasteiger partial charge is 0.191 e. The number of halogens is 1. The summed E-state index contributed by atoms with van der Waals surface area (Å²) in [6, 6.07) is 14.4. The zero-order valence-corrected chi connectivity index (χ0v) is 21.1. The fourth-order valence-electron chi connectivity index (χ4n) is 3.53. The quantitative estimate of drug-likeness (QED) is 0.177.